The number of urea groups is 1. The molecule has 0 spiro atoms. The Labute approximate surface area is 189 Å². The molecule has 0 bridgehead atoms. The molecule has 1 aromatic rings. The third-order valence-corrected chi connectivity index (χ3v) is 7.25. The first-order valence-electron chi connectivity index (χ1n) is 11.4. The molecule has 2 aliphatic heterocycles. The van der Waals surface area contributed by atoms with E-state index in [1.165, 1.54) is 10.5 Å². The highest BCUT2D eigenvalue weighted by molar-refractivity contribution is 5.79. The molecule has 7 nitrogen and oxygen atoms in total. The van der Waals surface area contributed by atoms with Crippen LogP contribution in [0.5, 0.6) is 0 Å². The number of alkyl halides is 1. The molecule has 0 radical (unpaired) electrons. The number of likely N-dealkylation sites (tertiary alicyclic amines) is 2. The van der Waals surface area contributed by atoms with Gasteiger partial charge in [0.25, 0.3) is 0 Å². The quantitative estimate of drug-likeness (QED) is 0.759. The summed E-state index contributed by atoms with van der Waals surface area (Å²) in [5.41, 5.74) is 0.949. The fourth-order valence-electron chi connectivity index (χ4n) is 5.81. The van der Waals surface area contributed by atoms with Crippen LogP contribution in [0.1, 0.15) is 24.8 Å². The fraction of sp³-hybridized carbons (Fsp3) is 0.625. The van der Waals surface area contributed by atoms with E-state index in [1.807, 2.05) is 23.1 Å². The van der Waals surface area contributed by atoms with Gasteiger partial charge in [0, 0.05) is 39.1 Å². The summed E-state index contributed by atoms with van der Waals surface area (Å²) in [6, 6.07) is 11.6. The van der Waals surface area contributed by atoms with Gasteiger partial charge in [-0.2, -0.15) is 5.26 Å². The van der Waals surface area contributed by atoms with E-state index in [0.29, 0.717) is 11.8 Å². The average molecular weight is 442 g/mol. The molecule has 4 rings (SSSR count). The van der Waals surface area contributed by atoms with Crippen molar-refractivity contribution in [2.75, 3.05) is 40.3 Å². The highest BCUT2D eigenvalue weighted by Gasteiger charge is 2.50. The van der Waals surface area contributed by atoms with Gasteiger partial charge in [-0.1, -0.05) is 30.3 Å². The van der Waals surface area contributed by atoms with Crippen LogP contribution >= 0.6 is 0 Å². The Morgan fingerprint density at radius 2 is 1.84 bits per heavy atom. The number of fused-ring (bicyclic) bond motifs is 1. The first kappa shape index (κ1) is 22.5. The van der Waals surface area contributed by atoms with Crippen molar-refractivity contribution < 1.29 is 14.0 Å². The lowest BCUT2D eigenvalue weighted by atomic mass is 9.87. The van der Waals surface area contributed by atoms with Crippen LogP contribution in [0, 0.1) is 23.2 Å². The van der Waals surface area contributed by atoms with E-state index in [9.17, 15) is 19.2 Å². The minimum absolute atomic E-state index is 0.00270. The van der Waals surface area contributed by atoms with Crippen LogP contribution in [0.15, 0.2) is 30.3 Å². The predicted octanol–water partition coefficient (Wildman–Crippen LogP) is 2.04. The van der Waals surface area contributed by atoms with Gasteiger partial charge < -0.3 is 20.0 Å². The molecule has 3 fully saturated rings. The van der Waals surface area contributed by atoms with Crippen LogP contribution in [-0.2, 0) is 11.2 Å². The molecule has 32 heavy (non-hydrogen) atoms. The lowest BCUT2D eigenvalue weighted by molar-refractivity contribution is -0.130. The first-order chi connectivity index (χ1) is 15.3. The molecule has 1 aliphatic carbocycles. The molecule has 1 N–H and O–H groups in total. The Morgan fingerprint density at radius 3 is 2.44 bits per heavy atom. The van der Waals surface area contributed by atoms with Crippen LogP contribution in [0.4, 0.5) is 9.18 Å². The van der Waals surface area contributed by atoms with E-state index in [0.717, 1.165) is 32.4 Å². The zero-order valence-corrected chi connectivity index (χ0v) is 18.8. The van der Waals surface area contributed by atoms with Crippen LogP contribution in [-0.4, -0.2) is 84.7 Å². The second-order valence-electron chi connectivity index (χ2n) is 9.83. The number of carbonyl (C=O) groups excluding carboxylic acids is 2. The number of halogens is 1. The summed E-state index contributed by atoms with van der Waals surface area (Å²) in [6.45, 7) is 1.56. The molecule has 5 atom stereocenters. The third kappa shape index (κ3) is 4.58. The lowest BCUT2D eigenvalue weighted by Crippen LogP contribution is -2.51. The molecular formula is C24H32FN5O2. The van der Waals surface area contributed by atoms with Gasteiger partial charge in [-0.15, -0.1) is 0 Å². The number of amides is 3. The summed E-state index contributed by atoms with van der Waals surface area (Å²) in [4.78, 5) is 30.2. The molecule has 8 heteroatoms. The molecule has 3 aliphatic rings. The number of rotatable bonds is 5. The maximum absolute atomic E-state index is 13.8. The highest BCUT2D eigenvalue weighted by Crippen LogP contribution is 2.45. The molecular weight excluding hydrogens is 409 g/mol. The second-order valence-corrected chi connectivity index (χ2v) is 9.83. The molecule has 0 aromatic heterocycles. The molecule has 172 valence electrons. The van der Waals surface area contributed by atoms with Crippen molar-refractivity contribution in [1.82, 2.24) is 20.0 Å². The van der Waals surface area contributed by atoms with Gasteiger partial charge in [-0.25, -0.2) is 9.18 Å². The molecule has 1 saturated carbocycles. The average Bonchev–Trinajstić information content (AvgIpc) is 3.43. The smallest absolute Gasteiger partial charge is 0.319 e. The van der Waals surface area contributed by atoms with Gasteiger partial charge in [0.05, 0.1) is 19.2 Å². The van der Waals surface area contributed by atoms with E-state index < -0.39 is 12.2 Å². The summed E-state index contributed by atoms with van der Waals surface area (Å²) in [5, 5.41) is 12.8. The molecule has 2 heterocycles. The Kier molecular flexibility index (Phi) is 6.38. The standard InChI is InChI=1S/C24H32FN5O2/c1-28(2)23(32)29-14-18-10-24(11-19(18)15-29,9-17-6-4-3-5-7-17)27-13-22(31)30-16-20(25)8-21(30)12-26/h3-7,18-21,27H,8-11,13-16H2,1-2H3/t18-,19+,20-,21-,24?/m0/s1. The maximum atomic E-state index is 13.8. The number of nitriles is 1. The van der Waals surface area contributed by atoms with Gasteiger partial charge in [-0.3, -0.25) is 4.79 Å². The van der Waals surface area contributed by atoms with Gasteiger partial charge in [0.15, 0.2) is 0 Å². The summed E-state index contributed by atoms with van der Waals surface area (Å²) in [6.07, 6.45) is 1.52. The van der Waals surface area contributed by atoms with Gasteiger partial charge in [-0.05, 0) is 36.7 Å². The van der Waals surface area contributed by atoms with Crippen LogP contribution in [0.2, 0.25) is 0 Å². The summed E-state index contributed by atoms with van der Waals surface area (Å²) >= 11 is 0. The third-order valence-electron chi connectivity index (χ3n) is 7.25. The minimum atomic E-state index is -1.13. The normalized spacial score (nSPS) is 31.4. The Morgan fingerprint density at radius 1 is 1.19 bits per heavy atom. The van der Waals surface area contributed by atoms with Gasteiger partial charge >= 0.3 is 6.03 Å². The molecule has 3 amide bonds. The Bertz CT molecular complexity index is 872. The van der Waals surface area contributed by atoms with E-state index in [1.54, 1.807) is 19.0 Å². The zero-order chi connectivity index (χ0) is 22.9. The van der Waals surface area contributed by atoms with E-state index in [4.69, 9.17) is 0 Å². The highest BCUT2D eigenvalue weighted by atomic mass is 19.1. The van der Waals surface area contributed by atoms with Crippen LogP contribution in [0.3, 0.4) is 0 Å². The number of hydrogen-bond donors (Lipinski definition) is 1. The van der Waals surface area contributed by atoms with Crippen LogP contribution < -0.4 is 5.32 Å². The second kappa shape index (κ2) is 9.07. The lowest BCUT2D eigenvalue weighted by Gasteiger charge is -2.34. The zero-order valence-electron chi connectivity index (χ0n) is 18.8. The Balaban J connectivity index is 1.46. The van der Waals surface area contributed by atoms with Crippen molar-refractivity contribution in [1.29, 1.82) is 5.26 Å². The van der Waals surface area contributed by atoms with Crippen molar-refractivity contribution in [2.24, 2.45) is 11.8 Å². The Hall–Kier alpha value is -2.66. The predicted molar refractivity (Wildman–Crippen MR) is 118 cm³/mol. The minimum Gasteiger partial charge on any atom is -0.331 e. The largest absolute Gasteiger partial charge is 0.331 e. The van der Waals surface area contributed by atoms with Gasteiger partial charge in [0.2, 0.25) is 5.91 Å². The van der Waals surface area contributed by atoms with Crippen molar-refractivity contribution in [2.45, 2.75) is 43.4 Å². The van der Waals surface area contributed by atoms with E-state index in [-0.39, 0.29) is 37.0 Å². The fourth-order valence-corrected chi connectivity index (χ4v) is 5.81. The maximum Gasteiger partial charge on any atom is 0.319 e. The van der Waals surface area contributed by atoms with Crippen molar-refractivity contribution in [3.63, 3.8) is 0 Å². The van der Waals surface area contributed by atoms with Crippen molar-refractivity contribution in [3.05, 3.63) is 35.9 Å². The number of carbonyl (C=O) groups is 2. The van der Waals surface area contributed by atoms with Crippen molar-refractivity contribution >= 4 is 11.9 Å². The summed E-state index contributed by atoms with van der Waals surface area (Å²) < 4.78 is 13.8. The summed E-state index contributed by atoms with van der Waals surface area (Å²) in [7, 11) is 3.55. The van der Waals surface area contributed by atoms with Crippen LogP contribution in [0.25, 0.3) is 0 Å². The number of hydrogen-bond acceptors (Lipinski definition) is 4. The van der Waals surface area contributed by atoms with E-state index >= 15 is 0 Å². The van der Waals surface area contributed by atoms with E-state index in [2.05, 4.69) is 23.5 Å². The monoisotopic (exact) mass is 441 g/mol. The van der Waals surface area contributed by atoms with Gasteiger partial charge in [0.1, 0.15) is 12.2 Å². The topological polar surface area (TPSA) is 79.7 Å². The van der Waals surface area contributed by atoms with Crippen molar-refractivity contribution in [3.8, 4) is 6.07 Å². The number of nitrogens with one attached hydrogen (secondary N) is 1. The molecule has 1 aromatic carbocycles. The molecule has 1 unspecified atom stereocenters. The number of nitrogens with zero attached hydrogens (tertiary/aromatic N) is 4. The SMILES string of the molecule is CN(C)C(=O)N1C[C@@H]2CC(Cc3ccccc3)(NCC(=O)N3C[C@@H](F)C[C@H]3C#N)C[C@@H]2C1. The molecule has 2 saturated heterocycles. The summed E-state index contributed by atoms with van der Waals surface area (Å²) in [5.74, 6) is 0.559. The number of benzene rings is 1. The first-order valence-corrected chi connectivity index (χ1v) is 11.4.